The SMILES string of the molecule is N#Cc1ccc(Cl)c(NCC(=O)NCC(F)(F)F)c1. The van der Waals surface area contributed by atoms with Gasteiger partial charge >= 0.3 is 6.18 Å². The summed E-state index contributed by atoms with van der Waals surface area (Å²) >= 11 is 5.80. The summed E-state index contributed by atoms with van der Waals surface area (Å²) in [5, 5.41) is 13.2. The Morgan fingerprint density at radius 2 is 2.11 bits per heavy atom. The quantitative estimate of drug-likeness (QED) is 0.894. The molecule has 1 rings (SSSR count). The van der Waals surface area contributed by atoms with Gasteiger partial charge in [0.1, 0.15) is 6.54 Å². The maximum Gasteiger partial charge on any atom is 0.405 e. The second kappa shape index (κ2) is 6.29. The summed E-state index contributed by atoms with van der Waals surface area (Å²) in [7, 11) is 0. The van der Waals surface area contributed by atoms with Crippen molar-refractivity contribution in [2.45, 2.75) is 6.18 Å². The molecule has 0 saturated carbocycles. The first-order valence-corrected chi connectivity index (χ1v) is 5.46. The average Bonchev–Trinajstić information content (AvgIpc) is 2.34. The van der Waals surface area contributed by atoms with Gasteiger partial charge in [-0.25, -0.2) is 0 Å². The highest BCUT2D eigenvalue weighted by Crippen LogP contribution is 2.22. The third kappa shape index (κ3) is 5.48. The minimum Gasteiger partial charge on any atom is -0.375 e. The van der Waals surface area contributed by atoms with Gasteiger partial charge in [0.15, 0.2) is 0 Å². The number of hydrogen-bond acceptors (Lipinski definition) is 3. The predicted octanol–water partition coefficient (Wildman–Crippen LogP) is 2.30. The van der Waals surface area contributed by atoms with Gasteiger partial charge in [0, 0.05) is 0 Å². The molecule has 1 aromatic carbocycles. The Hall–Kier alpha value is -1.94. The molecule has 102 valence electrons. The number of rotatable bonds is 4. The van der Waals surface area contributed by atoms with Crippen LogP contribution in [0.15, 0.2) is 18.2 Å². The van der Waals surface area contributed by atoms with Gasteiger partial charge in [-0.15, -0.1) is 0 Å². The Morgan fingerprint density at radius 1 is 1.42 bits per heavy atom. The zero-order chi connectivity index (χ0) is 14.5. The van der Waals surface area contributed by atoms with Crippen molar-refractivity contribution >= 4 is 23.2 Å². The van der Waals surface area contributed by atoms with Gasteiger partial charge in [0.2, 0.25) is 5.91 Å². The van der Waals surface area contributed by atoms with Crippen molar-refractivity contribution in [3.8, 4) is 6.07 Å². The molecule has 4 nitrogen and oxygen atoms in total. The molecule has 19 heavy (non-hydrogen) atoms. The van der Waals surface area contributed by atoms with E-state index in [0.29, 0.717) is 11.3 Å². The third-order valence-electron chi connectivity index (χ3n) is 2.02. The number of hydrogen-bond donors (Lipinski definition) is 2. The maximum absolute atomic E-state index is 11.8. The number of benzene rings is 1. The fraction of sp³-hybridized carbons (Fsp3) is 0.273. The molecule has 8 heteroatoms. The fourth-order valence-electron chi connectivity index (χ4n) is 1.17. The number of amides is 1. The molecule has 1 amide bonds. The molecule has 2 N–H and O–H groups in total. The van der Waals surface area contributed by atoms with Crippen LogP contribution in [0.2, 0.25) is 5.02 Å². The third-order valence-corrected chi connectivity index (χ3v) is 2.35. The molecule has 0 aliphatic carbocycles. The van der Waals surface area contributed by atoms with E-state index in [-0.39, 0.29) is 11.6 Å². The number of carbonyl (C=O) groups is 1. The molecule has 0 spiro atoms. The van der Waals surface area contributed by atoms with Crippen molar-refractivity contribution < 1.29 is 18.0 Å². The topological polar surface area (TPSA) is 64.9 Å². The van der Waals surface area contributed by atoms with Crippen molar-refractivity contribution in [2.75, 3.05) is 18.4 Å². The van der Waals surface area contributed by atoms with Crippen molar-refractivity contribution in [3.05, 3.63) is 28.8 Å². The summed E-state index contributed by atoms with van der Waals surface area (Å²) in [6.07, 6.45) is -4.45. The normalized spacial score (nSPS) is 10.7. The molecule has 0 bridgehead atoms. The lowest BCUT2D eigenvalue weighted by Crippen LogP contribution is -2.37. The van der Waals surface area contributed by atoms with E-state index in [0.717, 1.165) is 0 Å². The number of nitriles is 1. The van der Waals surface area contributed by atoms with Gasteiger partial charge in [-0.2, -0.15) is 18.4 Å². The number of anilines is 1. The minimum absolute atomic E-state index is 0.266. The van der Waals surface area contributed by atoms with Crippen LogP contribution >= 0.6 is 11.6 Å². The van der Waals surface area contributed by atoms with Crippen LogP contribution in [0.1, 0.15) is 5.56 Å². The molecule has 1 aromatic rings. The summed E-state index contributed by atoms with van der Waals surface area (Å²) < 4.78 is 35.5. The van der Waals surface area contributed by atoms with Crippen molar-refractivity contribution in [1.82, 2.24) is 5.32 Å². The summed E-state index contributed by atoms with van der Waals surface area (Å²) in [5.74, 6) is -0.823. The standard InChI is InChI=1S/C11H9ClF3N3O/c12-8-2-1-7(4-16)3-9(8)17-5-10(19)18-6-11(13,14)15/h1-3,17H,5-6H2,(H,18,19). The van der Waals surface area contributed by atoms with Crippen LogP contribution < -0.4 is 10.6 Å². The van der Waals surface area contributed by atoms with E-state index in [4.69, 9.17) is 16.9 Å². The Bertz CT molecular complexity index is 511. The van der Waals surface area contributed by atoms with Gasteiger partial charge in [0.05, 0.1) is 28.9 Å². The summed E-state index contributed by atoms with van der Waals surface area (Å²) in [6.45, 7) is -1.76. The van der Waals surface area contributed by atoms with Crippen LogP contribution in [0, 0.1) is 11.3 Å². The Kier molecular flexibility index (Phi) is 5.01. The molecule has 0 aromatic heterocycles. The zero-order valence-corrected chi connectivity index (χ0v) is 10.3. The highest BCUT2D eigenvalue weighted by atomic mass is 35.5. The van der Waals surface area contributed by atoms with Crippen LogP contribution in [-0.2, 0) is 4.79 Å². The second-order valence-electron chi connectivity index (χ2n) is 3.55. The summed E-state index contributed by atoms with van der Waals surface area (Å²) in [6, 6.07) is 6.22. The lowest BCUT2D eigenvalue weighted by molar-refractivity contribution is -0.137. The summed E-state index contributed by atoms with van der Waals surface area (Å²) in [5.41, 5.74) is 0.630. The van der Waals surface area contributed by atoms with Crippen LogP contribution in [0.4, 0.5) is 18.9 Å². The van der Waals surface area contributed by atoms with Gasteiger partial charge in [-0.1, -0.05) is 11.6 Å². The van der Waals surface area contributed by atoms with E-state index < -0.39 is 18.6 Å². The molecule has 0 unspecified atom stereocenters. The Balaban J connectivity index is 2.53. The first-order valence-electron chi connectivity index (χ1n) is 5.09. The Morgan fingerprint density at radius 3 is 2.68 bits per heavy atom. The van der Waals surface area contributed by atoms with Crippen LogP contribution in [0.5, 0.6) is 0 Å². The monoisotopic (exact) mass is 291 g/mol. The molecule has 0 aliphatic rings. The van der Waals surface area contributed by atoms with Crippen LogP contribution in [0.25, 0.3) is 0 Å². The second-order valence-corrected chi connectivity index (χ2v) is 3.96. The van der Waals surface area contributed by atoms with Crippen molar-refractivity contribution in [1.29, 1.82) is 5.26 Å². The van der Waals surface area contributed by atoms with Gasteiger partial charge in [0.25, 0.3) is 0 Å². The van der Waals surface area contributed by atoms with Crippen molar-refractivity contribution in [2.24, 2.45) is 0 Å². The number of nitrogens with one attached hydrogen (secondary N) is 2. The van der Waals surface area contributed by atoms with Gasteiger partial charge < -0.3 is 10.6 Å². The highest BCUT2D eigenvalue weighted by Gasteiger charge is 2.27. The van der Waals surface area contributed by atoms with Gasteiger partial charge in [-0.05, 0) is 18.2 Å². The fourth-order valence-corrected chi connectivity index (χ4v) is 1.35. The van der Waals surface area contributed by atoms with E-state index in [1.165, 1.54) is 18.2 Å². The maximum atomic E-state index is 11.8. The lowest BCUT2D eigenvalue weighted by atomic mass is 10.2. The minimum atomic E-state index is -4.45. The molecule has 0 atom stereocenters. The summed E-state index contributed by atoms with van der Waals surface area (Å²) in [4.78, 5) is 11.1. The molecular formula is C11H9ClF3N3O. The average molecular weight is 292 g/mol. The first kappa shape index (κ1) is 15.1. The highest BCUT2D eigenvalue weighted by molar-refractivity contribution is 6.33. The number of alkyl halides is 3. The predicted molar refractivity (Wildman–Crippen MR) is 63.7 cm³/mol. The molecule has 0 radical (unpaired) electrons. The van der Waals surface area contributed by atoms with Gasteiger partial charge in [-0.3, -0.25) is 4.79 Å². The van der Waals surface area contributed by atoms with Crippen LogP contribution in [0.3, 0.4) is 0 Å². The van der Waals surface area contributed by atoms with E-state index in [9.17, 15) is 18.0 Å². The van der Waals surface area contributed by atoms with Crippen LogP contribution in [-0.4, -0.2) is 25.2 Å². The van der Waals surface area contributed by atoms with E-state index >= 15 is 0 Å². The van der Waals surface area contributed by atoms with Crippen molar-refractivity contribution in [3.63, 3.8) is 0 Å². The van der Waals surface area contributed by atoms with E-state index in [1.54, 1.807) is 5.32 Å². The number of halogens is 4. The van der Waals surface area contributed by atoms with E-state index in [1.807, 2.05) is 6.07 Å². The molecular weight excluding hydrogens is 283 g/mol. The largest absolute Gasteiger partial charge is 0.405 e. The lowest BCUT2D eigenvalue weighted by Gasteiger charge is -2.10. The number of carbonyl (C=O) groups excluding carboxylic acids is 1. The smallest absolute Gasteiger partial charge is 0.375 e. The first-order chi connectivity index (χ1) is 8.81. The van der Waals surface area contributed by atoms with E-state index in [2.05, 4.69) is 5.32 Å². The Labute approximate surface area is 112 Å². The molecule has 0 fully saturated rings. The molecule has 0 saturated heterocycles. The number of nitrogens with zero attached hydrogens (tertiary/aromatic N) is 1. The zero-order valence-electron chi connectivity index (χ0n) is 9.51. The molecule has 0 aliphatic heterocycles. The molecule has 0 heterocycles.